The summed E-state index contributed by atoms with van der Waals surface area (Å²) in [4.78, 5) is 16.5. The molecule has 1 atom stereocenters. The van der Waals surface area contributed by atoms with E-state index in [0.29, 0.717) is 17.8 Å². The monoisotopic (exact) mass is 427 g/mol. The number of carbonyl (C=O) groups is 1. The van der Waals surface area contributed by atoms with E-state index >= 15 is 0 Å². The van der Waals surface area contributed by atoms with Crippen molar-refractivity contribution in [3.63, 3.8) is 0 Å². The summed E-state index contributed by atoms with van der Waals surface area (Å²) < 4.78 is 13.6. The Morgan fingerprint density at radius 1 is 1.03 bits per heavy atom. The predicted octanol–water partition coefficient (Wildman–Crippen LogP) is 5.24. The Balaban J connectivity index is 0.000000478. The molecule has 0 radical (unpaired) electrons. The Kier molecular flexibility index (Phi) is 9.26. The number of benzene rings is 1. The summed E-state index contributed by atoms with van der Waals surface area (Å²) in [6, 6.07) is 7.71. The van der Waals surface area contributed by atoms with Gasteiger partial charge in [0.05, 0.1) is 11.7 Å². The summed E-state index contributed by atoms with van der Waals surface area (Å²) in [5.41, 5.74) is 14.7. The molecule has 0 aromatic heterocycles. The molecule has 5 heteroatoms. The van der Waals surface area contributed by atoms with E-state index in [4.69, 9.17) is 16.5 Å². The largest absolute Gasteiger partial charge is 0.396 e. The Bertz CT molecular complexity index is 779. The van der Waals surface area contributed by atoms with Crippen LogP contribution in [0.4, 0.5) is 4.39 Å². The highest BCUT2D eigenvalue weighted by molar-refractivity contribution is 6.05. The van der Waals surface area contributed by atoms with Crippen molar-refractivity contribution >= 4 is 12.0 Å². The SMILES string of the molecule is N/C(C=O)=C1/CCCCC(Cc2cccc(F)c2)C1=NC1CCCCC1.NC1CCC1. The van der Waals surface area contributed by atoms with Crippen molar-refractivity contribution < 1.29 is 9.18 Å². The van der Waals surface area contributed by atoms with Crippen molar-refractivity contribution in [3.05, 3.63) is 46.9 Å². The molecule has 1 aromatic rings. The van der Waals surface area contributed by atoms with Crippen LogP contribution < -0.4 is 11.5 Å². The van der Waals surface area contributed by atoms with E-state index in [9.17, 15) is 9.18 Å². The van der Waals surface area contributed by atoms with Crippen molar-refractivity contribution in [1.29, 1.82) is 0 Å². The van der Waals surface area contributed by atoms with Gasteiger partial charge in [-0.25, -0.2) is 4.39 Å². The molecule has 0 bridgehead atoms. The Morgan fingerprint density at radius 2 is 1.74 bits per heavy atom. The molecule has 3 aliphatic carbocycles. The lowest BCUT2D eigenvalue weighted by Crippen LogP contribution is -2.27. The van der Waals surface area contributed by atoms with Crippen molar-refractivity contribution in [3.8, 4) is 0 Å². The Labute approximate surface area is 186 Å². The standard InChI is InChI=1S/C22H29FN2O.C4H9N/c23-18-9-6-7-16(14-18)13-17-8-4-5-12-20(21(24)15-26)22(17)25-19-10-2-1-3-11-19;5-4-2-1-3-4/h6-7,9,14-15,17,19H,1-5,8,10-13,24H2;4H,1-3,5H2/b21-20-,25-22?;. The maximum absolute atomic E-state index is 13.6. The molecule has 0 spiro atoms. The lowest BCUT2D eigenvalue weighted by molar-refractivity contribution is -0.105. The van der Waals surface area contributed by atoms with Crippen LogP contribution in [-0.4, -0.2) is 24.1 Å². The second kappa shape index (κ2) is 12.1. The number of aldehydes is 1. The summed E-state index contributed by atoms with van der Waals surface area (Å²) in [6.45, 7) is 0. The summed E-state index contributed by atoms with van der Waals surface area (Å²) in [7, 11) is 0. The smallest absolute Gasteiger partial charge is 0.166 e. The van der Waals surface area contributed by atoms with Crippen molar-refractivity contribution in [2.24, 2.45) is 22.4 Å². The number of nitrogens with two attached hydrogens (primary N) is 2. The number of hydrogen-bond donors (Lipinski definition) is 2. The minimum atomic E-state index is -0.204. The molecule has 170 valence electrons. The van der Waals surface area contributed by atoms with Crippen LogP contribution in [0.5, 0.6) is 0 Å². The zero-order valence-electron chi connectivity index (χ0n) is 18.7. The van der Waals surface area contributed by atoms with Gasteiger partial charge in [0.2, 0.25) is 0 Å². The maximum Gasteiger partial charge on any atom is 0.166 e. The van der Waals surface area contributed by atoms with Gasteiger partial charge in [0.25, 0.3) is 0 Å². The molecule has 0 saturated heterocycles. The van der Waals surface area contributed by atoms with Crippen molar-refractivity contribution in [2.45, 2.75) is 95.6 Å². The van der Waals surface area contributed by atoms with E-state index in [-0.39, 0.29) is 11.7 Å². The van der Waals surface area contributed by atoms with Gasteiger partial charge in [-0.2, -0.15) is 0 Å². The van der Waals surface area contributed by atoms with Gasteiger partial charge < -0.3 is 11.5 Å². The molecule has 4 nitrogen and oxygen atoms in total. The van der Waals surface area contributed by atoms with E-state index in [1.807, 2.05) is 6.07 Å². The average Bonchev–Trinajstić information content (AvgIpc) is 2.95. The van der Waals surface area contributed by atoms with Crippen LogP contribution in [0.15, 0.2) is 40.5 Å². The first-order valence-electron chi connectivity index (χ1n) is 12.1. The Morgan fingerprint density at radius 3 is 2.35 bits per heavy atom. The zero-order chi connectivity index (χ0) is 22.1. The van der Waals surface area contributed by atoms with Crippen LogP contribution in [-0.2, 0) is 11.2 Å². The van der Waals surface area contributed by atoms with E-state index in [1.54, 1.807) is 12.1 Å². The fourth-order valence-electron chi connectivity index (χ4n) is 4.74. The Hall–Kier alpha value is -2.01. The molecular formula is C26H38FN3O. The minimum Gasteiger partial charge on any atom is -0.396 e. The van der Waals surface area contributed by atoms with Crippen LogP contribution in [0, 0.1) is 11.7 Å². The van der Waals surface area contributed by atoms with Gasteiger partial charge >= 0.3 is 0 Å². The second-order valence-electron chi connectivity index (χ2n) is 9.33. The fraction of sp³-hybridized carbons (Fsp3) is 0.615. The van der Waals surface area contributed by atoms with Crippen LogP contribution in [0.1, 0.15) is 82.6 Å². The first kappa shape index (κ1) is 23.6. The molecule has 0 aliphatic heterocycles. The van der Waals surface area contributed by atoms with Crippen molar-refractivity contribution in [1.82, 2.24) is 0 Å². The quantitative estimate of drug-likeness (QED) is 0.392. The van der Waals surface area contributed by atoms with Crippen LogP contribution in [0.25, 0.3) is 0 Å². The molecular weight excluding hydrogens is 389 g/mol. The lowest BCUT2D eigenvalue weighted by atomic mass is 9.87. The van der Waals surface area contributed by atoms with Gasteiger partial charge in [0.15, 0.2) is 6.29 Å². The first-order chi connectivity index (χ1) is 15.1. The number of hydrogen-bond acceptors (Lipinski definition) is 4. The van der Waals surface area contributed by atoms with E-state index < -0.39 is 0 Å². The average molecular weight is 428 g/mol. The number of aliphatic imine (C=N–C) groups is 1. The number of allylic oxidation sites excluding steroid dienone is 2. The van der Waals surface area contributed by atoms with Crippen molar-refractivity contribution in [2.75, 3.05) is 0 Å². The van der Waals surface area contributed by atoms with E-state index in [2.05, 4.69) is 0 Å². The number of nitrogens with zero attached hydrogens (tertiary/aromatic N) is 1. The highest BCUT2D eigenvalue weighted by Gasteiger charge is 2.26. The van der Waals surface area contributed by atoms with Gasteiger partial charge in [0, 0.05) is 17.7 Å². The lowest BCUT2D eigenvalue weighted by Gasteiger charge is -2.24. The number of rotatable bonds is 4. The molecule has 31 heavy (non-hydrogen) atoms. The van der Waals surface area contributed by atoms with E-state index in [1.165, 1.54) is 44.6 Å². The van der Waals surface area contributed by atoms with E-state index in [0.717, 1.165) is 68.1 Å². The highest BCUT2D eigenvalue weighted by Crippen LogP contribution is 2.31. The van der Waals surface area contributed by atoms with Gasteiger partial charge in [0.1, 0.15) is 5.82 Å². The molecule has 3 fully saturated rings. The normalized spacial score (nSPS) is 25.7. The van der Waals surface area contributed by atoms with Crippen LogP contribution in [0.2, 0.25) is 0 Å². The maximum atomic E-state index is 13.6. The summed E-state index contributed by atoms with van der Waals surface area (Å²) in [5, 5.41) is 0. The third-order valence-electron chi connectivity index (χ3n) is 6.82. The molecule has 3 saturated carbocycles. The second-order valence-corrected chi connectivity index (χ2v) is 9.33. The summed E-state index contributed by atoms with van der Waals surface area (Å²) >= 11 is 0. The summed E-state index contributed by atoms with van der Waals surface area (Å²) in [6.07, 6.45) is 15.3. The van der Waals surface area contributed by atoms with Crippen LogP contribution >= 0.6 is 0 Å². The summed E-state index contributed by atoms with van der Waals surface area (Å²) in [5.74, 6) is -0.000196. The van der Waals surface area contributed by atoms with Gasteiger partial charge in [-0.3, -0.25) is 9.79 Å². The number of carbonyl (C=O) groups excluding carboxylic acids is 1. The first-order valence-corrected chi connectivity index (χ1v) is 12.1. The third kappa shape index (κ3) is 7.27. The van der Waals surface area contributed by atoms with Crippen LogP contribution in [0.3, 0.4) is 0 Å². The zero-order valence-corrected chi connectivity index (χ0v) is 18.7. The molecule has 0 amide bonds. The predicted molar refractivity (Wildman–Crippen MR) is 125 cm³/mol. The molecule has 1 unspecified atom stereocenters. The van der Waals surface area contributed by atoms with Gasteiger partial charge in [-0.05, 0) is 74.6 Å². The molecule has 1 aromatic carbocycles. The molecule has 3 aliphatic rings. The van der Waals surface area contributed by atoms with Gasteiger partial charge in [-0.15, -0.1) is 0 Å². The molecule has 4 rings (SSSR count). The molecule has 4 N–H and O–H groups in total. The topological polar surface area (TPSA) is 81.5 Å². The van der Waals surface area contributed by atoms with Gasteiger partial charge in [-0.1, -0.05) is 44.2 Å². The molecule has 0 heterocycles. The number of halogens is 1. The third-order valence-corrected chi connectivity index (χ3v) is 6.82. The fourth-order valence-corrected chi connectivity index (χ4v) is 4.74. The minimum absolute atomic E-state index is 0.203. The highest BCUT2D eigenvalue weighted by atomic mass is 19.1.